The zero-order chi connectivity index (χ0) is 29.7. The fraction of sp³-hybridized carbons (Fsp3) is 0.273. The second kappa shape index (κ2) is 11.0. The second-order valence-electron chi connectivity index (χ2n) is 11.3. The highest BCUT2D eigenvalue weighted by molar-refractivity contribution is 6.35. The second-order valence-corrected chi connectivity index (χ2v) is 11.6. The van der Waals surface area contributed by atoms with E-state index in [1.54, 1.807) is 0 Å². The number of aliphatic carboxylic acids is 1. The number of nitrogens with zero attached hydrogens (tertiary/aromatic N) is 5. The highest BCUT2D eigenvalue weighted by atomic mass is 35.5. The monoisotopic (exact) mass is 592 g/mol. The summed E-state index contributed by atoms with van der Waals surface area (Å²) in [6, 6.07) is 17.9. The van der Waals surface area contributed by atoms with Crippen LogP contribution in [0.3, 0.4) is 0 Å². The maximum Gasteiger partial charge on any atom is 0.307 e. The number of fused-ring (bicyclic) bond motifs is 2. The number of benzene rings is 3. The summed E-state index contributed by atoms with van der Waals surface area (Å²) in [5, 5.41) is 28.0. The third-order valence-corrected chi connectivity index (χ3v) is 8.92. The molecule has 1 atom stereocenters. The Morgan fingerprint density at radius 3 is 2.81 bits per heavy atom. The Labute approximate surface area is 253 Å². The zero-order valence-corrected chi connectivity index (χ0v) is 24.4. The van der Waals surface area contributed by atoms with E-state index in [4.69, 9.17) is 26.1 Å². The van der Waals surface area contributed by atoms with Crippen LogP contribution in [0.1, 0.15) is 34.4 Å². The van der Waals surface area contributed by atoms with Crippen molar-refractivity contribution in [2.24, 2.45) is 5.92 Å². The van der Waals surface area contributed by atoms with Crippen molar-refractivity contribution in [3.8, 4) is 34.3 Å². The van der Waals surface area contributed by atoms with Crippen molar-refractivity contribution in [2.45, 2.75) is 32.9 Å². The third-order valence-electron chi connectivity index (χ3n) is 8.52. The molecule has 0 bridgehead atoms. The number of rotatable bonds is 6. The number of halogens is 1. The molecule has 43 heavy (non-hydrogen) atoms. The summed E-state index contributed by atoms with van der Waals surface area (Å²) in [5.41, 5.74) is 9.04. The number of nitrogens with one attached hydrogen (secondary N) is 1. The van der Waals surface area contributed by atoms with E-state index in [1.807, 2.05) is 60.1 Å². The van der Waals surface area contributed by atoms with Gasteiger partial charge in [-0.15, -0.1) is 0 Å². The molecule has 7 rings (SSSR count). The molecule has 1 saturated heterocycles. The predicted octanol–water partition coefficient (Wildman–Crippen LogP) is 5.73. The van der Waals surface area contributed by atoms with Gasteiger partial charge in [-0.1, -0.05) is 35.9 Å². The van der Waals surface area contributed by atoms with Gasteiger partial charge in [0.1, 0.15) is 11.6 Å². The zero-order valence-electron chi connectivity index (χ0n) is 23.6. The van der Waals surface area contributed by atoms with Crippen LogP contribution in [-0.4, -0.2) is 50.4 Å². The molecule has 2 N–H and O–H groups in total. The third kappa shape index (κ3) is 4.97. The highest BCUT2D eigenvalue weighted by Gasteiger charge is 2.28. The molecule has 1 fully saturated rings. The topological polar surface area (TPSA) is 120 Å². The minimum absolute atomic E-state index is 0.357. The van der Waals surface area contributed by atoms with Gasteiger partial charge < -0.3 is 14.8 Å². The summed E-state index contributed by atoms with van der Waals surface area (Å²) in [7, 11) is 0. The fourth-order valence-electron chi connectivity index (χ4n) is 6.24. The largest absolute Gasteiger partial charge is 0.481 e. The Bertz CT molecular complexity index is 1910. The van der Waals surface area contributed by atoms with Gasteiger partial charge in [0.05, 0.1) is 27.9 Å². The summed E-state index contributed by atoms with van der Waals surface area (Å²) in [6.45, 7) is 5.46. The number of oxazole rings is 1. The lowest BCUT2D eigenvalue weighted by Crippen LogP contribution is -2.22. The number of hydrogen-bond acceptors (Lipinski definition) is 7. The van der Waals surface area contributed by atoms with E-state index < -0.39 is 5.97 Å². The van der Waals surface area contributed by atoms with Gasteiger partial charge in [0.2, 0.25) is 5.89 Å². The van der Waals surface area contributed by atoms with Gasteiger partial charge in [-0.25, -0.2) is 9.67 Å². The van der Waals surface area contributed by atoms with Crippen molar-refractivity contribution >= 4 is 28.7 Å². The van der Waals surface area contributed by atoms with Crippen LogP contribution >= 0.6 is 11.6 Å². The summed E-state index contributed by atoms with van der Waals surface area (Å²) in [5.74, 6) is -0.695. The number of carbonyl (C=O) groups is 1. The molecule has 5 aromatic rings. The Hall–Kier alpha value is -4.49. The quantitative estimate of drug-likeness (QED) is 0.256. The van der Waals surface area contributed by atoms with Gasteiger partial charge >= 0.3 is 5.97 Å². The van der Waals surface area contributed by atoms with Gasteiger partial charge in [0, 0.05) is 37.0 Å². The first kappa shape index (κ1) is 27.3. The molecule has 0 aliphatic carbocycles. The van der Waals surface area contributed by atoms with Crippen LogP contribution in [0, 0.1) is 24.2 Å². The van der Waals surface area contributed by atoms with Crippen LogP contribution in [0.5, 0.6) is 0 Å². The van der Waals surface area contributed by atoms with Gasteiger partial charge in [0.15, 0.2) is 5.58 Å². The van der Waals surface area contributed by atoms with Crippen molar-refractivity contribution in [1.82, 2.24) is 25.0 Å². The summed E-state index contributed by atoms with van der Waals surface area (Å²) in [6.07, 6.45) is 3.63. The summed E-state index contributed by atoms with van der Waals surface area (Å²) < 4.78 is 8.08. The maximum atomic E-state index is 11.4. The van der Waals surface area contributed by atoms with Crippen LogP contribution < -0.4 is 5.32 Å². The molecular weight excluding hydrogens is 564 g/mol. The number of aromatic nitrogens is 3. The van der Waals surface area contributed by atoms with Crippen LogP contribution in [0.15, 0.2) is 59.1 Å². The minimum atomic E-state index is -0.764. The van der Waals surface area contributed by atoms with Crippen LogP contribution in [-0.2, 0) is 24.3 Å². The molecular formula is C33H29ClN6O3. The number of likely N-dealkylation sites (tertiary alicyclic amines) is 1. The first-order valence-corrected chi connectivity index (χ1v) is 14.7. The van der Waals surface area contributed by atoms with Gasteiger partial charge in [-0.3, -0.25) is 9.69 Å². The van der Waals surface area contributed by atoms with E-state index in [1.165, 1.54) is 5.56 Å². The van der Waals surface area contributed by atoms with Crippen LogP contribution in [0.25, 0.3) is 39.4 Å². The lowest BCUT2D eigenvalue weighted by atomic mass is 9.96. The number of hydrogen-bond donors (Lipinski definition) is 2. The minimum Gasteiger partial charge on any atom is -0.481 e. The molecule has 4 heterocycles. The molecule has 9 nitrogen and oxygen atoms in total. The summed E-state index contributed by atoms with van der Waals surface area (Å²) >= 11 is 7.04. The Morgan fingerprint density at radius 1 is 1.21 bits per heavy atom. The summed E-state index contributed by atoms with van der Waals surface area (Å²) in [4.78, 5) is 18.3. The van der Waals surface area contributed by atoms with Crippen molar-refractivity contribution in [3.05, 3.63) is 87.7 Å². The molecule has 3 aromatic carbocycles. The van der Waals surface area contributed by atoms with Crippen molar-refractivity contribution in [2.75, 3.05) is 19.6 Å². The molecule has 0 saturated carbocycles. The highest BCUT2D eigenvalue weighted by Crippen LogP contribution is 2.39. The molecule has 0 spiro atoms. The molecule has 0 radical (unpaired) electrons. The molecule has 10 heteroatoms. The van der Waals surface area contributed by atoms with Gasteiger partial charge in [-0.2, -0.15) is 10.4 Å². The van der Waals surface area contributed by atoms with E-state index in [2.05, 4.69) is 22.5 Å². The SMILES string of the molecule is Cc1c(-c2nc3cc(CN4CCC(C(=O)O)C4)cc(C#N)c3o2)cccc1-c1cccc(-n2cc3c(n2)CNCC3)c1Cl. The first-order chi connectivity index (χ1) is 20.9. The predicted molar refractivity (Wildman–Crippen MR) is 163 cm³/mol. The Morgan fingerprint density at radius 2 is 2.02 bits per heavy atom. The lowest BCUT2D eigenvalue weighted by Gasteiger charge is -2.15. The van der Waals surface area contributed by atoms with Crippen molar-refractivity contribution in [3.63, 3.8) is 0 Å². The van der Waals surface area contributed by atoms with E-state index in [9.17, 15) is 15.2 Å². The van der Waals surface area contributed by atoms with Gasteiger partial charge in [0.25, 0.3) is 0 Å². The fourth-order valence-corrected chi connectivity index (χ4v) is 6.55. The molecule has 216 valence electrons. The first-order valence-electron chi connectivity index (χ1n) is 14.4. The van der Waals surface area contributed by atoms with E-state index in [0.29, 0.717) is 53.6 Å². The normalized spacial score (nSPS) is 16.8. The maximum absolute atomic E-state index is 11.4. The van der Waals surface area contributed by atoms with Crippen LogP contribution in [0.4, 0.5) is 0 Å². The Balaban J connectivity index is 1.23. The van der Waals surface area contributed by atoms with Crippen LogP contribution in [0.2, 0.25) is 5.02 Å². The molecule has 1 unspecified atom stereocenters. The molecule has 0 amide bonds. The molecule has 2 aliphatic rings. The molecule has 2 aliphatic heterocycles. The number of carboxylic acids is 1. The number of carboxylic acid groups (broad SMARTS) is 1. The van der Waals surface area contributed by atoms with Crippen molar-refractivity contribution in [1.29, 1.82) is 5.26 Å². The standard InChI is InChI=1S/C33H29ClN6O3/c1-19-24(26-6-3-7-29(30(26)34)40-18-21-8-10-36-15-28(21)38-40)4-2-5-25(19)32-37-27-13-20(12-23(14-35)31(27)43-32)16-39-11-9-22(17-39)33(41)42/h2-7,12-13,18,22,36H,8-11,15-17H2,1H3,(H,41,42). The Kier molecular flexibility index (Phi) is 6.98. The van der Waals surface area contributed by atoms with Crippen molar-refractivity contribution < 1.29 is 14.3 Å². The number of nitriles is 1. The van der Waals surface area contributed by atoms with Gasteiger partial charge in [-0.05, 0) is 79.4 Å². The lowest BCUT2D eigenvalue weighted by molar-refractivity contribution is -0.141. The van der Waals surface area contributed by atoms with E-state index in [0.717, 1.165) is 58.7 Å². The molecule has 2 aromatic heterocycles. The van der Waals surface area contributed by atoms with E-state index in [-0.39, 0.29) is 5.92 Å². The van der Waals surface area contributed by atoms with E-state index >= 15 is 0 Å². The smallest absolute Gasteiger partial charge is 0.307 e. The average Bonchev–Trinajstić information content (AvgIpc) is 3.75. The average molecular weight is 593 g/mol.